The smallest absolute Gasteiger partial charge is 0.306 e. The summed E-state index contributed by atoms with van der Waals surface area (Å²) in [5, 5.41) is 0.914. The number of hydrogen-bond acceptors (Lipinski definition) is 6. The predicted octanol–water partition coefficient (Wildman–Crippen LogP) is 2.91. The van der Waals surface area contributed by atoms with E-state index in [9.17, 15) is 4.79 Å². The number of methoxy groups -OCH3 is 1. The Balaban J connectivity index is 3.04. The number of nitrogens with zero attached hydrogens (tertiary/aromatic N) is 2. The van der Waals surface area contributed by atoms with Gasteiger partial charge in [0.15, 0.2) is 0 Å². The Morgan fingerprint density at radius 2 is 2.19 bits per heavy atom. The SMILES string of the molecule is CCN=C(SC)C(CC(=O)OCC)c1ccc(OC)nc1. The van der Waals surface area contributed by atoms with Crippen LogP contribution in [0.1, 0.15) is 31.7 Å². The molecule has 0 N–H and O–H groups in total. The molecular formula is C15H22N2O3S. The van der Waals surface area contributed by atoms with Gasteiger partial charge in [-0.2, -0.15) is 0 Å². The van der Waals surface area contributed by atoms with Crippen molar-refractivity contribution in [2.24, 2.45) is 4.99 Å². The van der Waals surface area contributed by atoms with Crippen molar-refractivity contribution in [2.75, 3.05) is 26.5 Å². The molecule has 0 aliphatic carbocycles. The van der Waals surface area contributed by atoms with Crippen LogP contribution in [0.4, 0.5) is 0 Å². The van der Waals surface area contributed by atoms with Gasteiger partial charge in [0.2, 0.25) is 5.88 Å². The van der Waals surface area contributed by atoms with Crippen molar-refractivity contribution in [3.05, 3.63) is 23.9 Å². The quantitative estimate of drug-likeness (QED) is 0.440. The number of pyridine rings is 1. The van der Waals surface area contributed by atoms with E-state index >= 15 is 0 Å². The van der Waals surface area contributed by atoms with Crippen LogP contribution in [0.15, 0.2) is 23.3 Å². The number of aliphatic imine (C=N–C) groups is 1. The van der Waals surface area contributed by atoms with Crippen molar-refractivity contribution in [2.45, 2.75) is 26.2 Å². The topological polar surface area (TPSA) is 60.8 Å². The maximum Gasteiger partial charge on any atom is 0.306 e. The Bertz CT molecular complexity index is 474. The van der Waals surface area contributed by atoms with E-state index in [0.717, 1.165) is 10.6 Å². The van der Waals surface area contributed by atoms with Crippen molar-refractivity contribution in [3.63, 3.8) is 0 Å². The van der Waals surface area contributed by atoms with Gasteiger partial charge >= 0.3 is 5.97 Å². The number of hydrogen-bond donors (Lipinski definition) is 0. The highest BCUT2D eigenvalue weighted by molar-refractivity contribution is 8.13. The van der Waals surface area contributed by atoms with Crippen LogP contribution in [0.5, 0.6) is 5.88 Å². The molecule has 1 aromatic heterocycles. The lowest BCUT2D eigenvalue weighted by Crippen LogP contribution is -2.17. The van der Waals surface area contributed by atoms with Crippen LogP contribution < -0.4 is 4.74 Å². The van der Waals surface area contributed by atoms with Gasteiger partial charge in [0.1, 0.15) is 0 Å². The monoisotopic (exact) mass is 310 g/mol. The average Bonchev–Trinajstić information content (AvgIpc) is 2.51. The van der Waals surface area contributed by atoms with E-state index in [4.69, 9.17) is 9.47 Å². The van der Waals surface area contributed by atoms with E-state index in [1.54, 1.807) is 38.1 Å². The summed E-state index contributed by atoms with van der Waals surface area (Å²) in [7, 11) is 1.57. The second kappa shape index (κ2) is 9.39. The molecule has 0 saturated carbocycles. The van der Waals surface area contributed by atoms with E-state index in [1.165, 1.54) is 0 Å². The molecule has 0 spiro atoms. The summed E-state index contributed by atoms with van der Waals surface area (Å²) in [6.07, 6.45) is 3.95. The van der Waals surface area contributed by atoms with Crippen LogP contribution >= 0.6 is 11.8 Å². The molecule has 1 aromatic rings. The first kappa shape index (κ1) is 17.5. The fourth-order valence-electron chi connectivity index (χ4n) is 1.93. The van der Waals surface area contributed by atoms with Crippen LogP contribution in [-0.2, 0) is 9.53 Å². The second-order valence-corrected chi connectivity index (χ2v) is 5.04. The second-order valence-electron chi connectivity index (χ2n) is 4.21. The molecule has 1 rings (SSSR count). The van der Waals surface area contributed by atoms with Gasteiger partial charge in [-0.1, -0.05) is 6.07 Å². The summed E-state index contributed by atoms with van der Waals surface area (Å²) in [6, 6.07) is 3.70. The molecule has 5 nitrogen and oxygen atoms in total. The molecular weight excluding hydrogens is 288 g/mol. The average molecular weight is 310 g/mol. The Kier molecular flexibility index (Phi) is 7.82. The third-order valence-electron chi connectivity index (χ3n) is 2.87. The maximum atomic E-state index is 11.8. The summed E-state index contributed by atoms with van der Waals surface area (Å²) in [5.41, 5.74) is 0.936. The molecule has 1 atom stereocenters. The summed E-state index contributed by atoms with van der Waals surface area (Å²) >= 11 is 1.55. The molecule has 21 heavy (non-hydrogen) atoms. The van der Waals surface area contributed by atoms with E-state index < -0.39 is 0 Å². The Morgan fingerprint density at radius 3 is 2.67 bits per heavy atom. The number of carbonyl (C=O) groups excluding carboxylic acids is 1. The lowest BCUT2D eigenvalue weighted by Gasteiger charge is -2.17. The Hall–Kier alpha value is -1.56. The molecule has 0 aliphatic heterocycles. The van der Waals surface area contributed by atoms with Crippen molar-refractivity contribution in [1.29, 1.82) is 0 Å². The largest absolute Gasteiger partial charge is 0.481 e. The lowest BCUT2D eigenvalue weighted by atomic mass is 9.98. The van der Waals surface area contributed by atoms with Crippen LogP contribution in [-0.4, -0.2) is 42.5 Å². The molecule has 0 aliphatic rings. The maximum absolute atomic E-state index is 11.8. The highest BCUT2D eigenvalue weighted by Crippen LogP contribution is 2.27. The Labute approximate surface area is 130 Å². The van der Waals surface area contributed by atoms with Gasteiger partial charge in [-0.3, -0.25) is 9.79 Å². The fourth-order valence-corrected chi connectivity index (χ4v) is 2.69. The highest BCUT2D eigenvalue weighted by Gasteiger charge is 2.22. The minimum absolute atomic E-state index is 0.127. The zero-order valence-electron chi connectivity index (χ0n) is 13.0. The van der Waals surface area contributed by atoms with E-state index in [2.05, 4.69) is 9.98 Å². The number of esters is 1. The molecule has 0 bridgehead atoms. The summed E-state index contributed by atoms with van der Waals surface area (Å²) < 4.78 is 10.1. The molecule has 6 heteroatoms. The minimum Gasteiger partial charge on any atom is -0.481 e. The predicted molar refractivity (Wildman–Crippen MR) is 86.3 cm³/mol. The number of carbonyl (C=O) groups is 1. The Morgan fingerprint density at radius 1 is 1.43 bits per heavy atom. The van der Waals surface area contributed by atoms with Gasteiger partial charge < -0.3 is 9.47 Å². The number of thioether (sulfide) groups is 1. The molecule has 0 amide bonds. The van der Waals surface area contributed by atoms with Gasteiger partial charge in [-0.25, -0.2) is 4.98 Å². The minimum atomic E-state index is -0.226. The fraction of sp³-hybridized carbons (Fsp3) is 0.533. The number of aromatic nitrogens is 1. The van der Waals surface area contributed by atoms with E-state index in [1.807, 2.05) is 19.2 Å². The van der Waals surface area contributed by atoms with Gasteiger partial charge in [0.05, 0.1) is 25.2 Å². The third-order valence-corrected chi connectivity index (χ3v) is 3.70. The van der Waals surface area contributed by atoms with Crippen molar-refractivity contribution < 1.29 is 14.3 Å². The molecule has 0 radical (unpaired) electrons. The van der Waals surface area contributed by atoms with E-state index in [0.29, 0.717) is 19.0 Å². The van der Waals surface area contributed by atoms with Gasteiger partial charge in [0.25, 0.3) is 0 Å². The van der Waals surface area contributed by atoms with Gasteiger partial charge in [-0.05, 0) is 25.7 Å². The summed E-state index contributed by atoms with van der Waals surface area (Å²) in [4.78, 5) is 20.5. The first-order chi connectivity index (χ1) is 10.2. The molecule has 1 unspecified atom stereocenters. The molecule has 116 valence electrons. The van der Waals surface area contributed by atoms with Crippen LogP contribution in [0.3, 0.4) is 0 Å². The summed E-state index contributed by atoms with van der Waals surface area (Å²) in [5.74, 6) is 0.195. The van der Waals surface area contributed by atoms with Crippen LogP contribution in [0, 0.1) is 0 Å². The number of ether oxygens (including phenoxy) is 2. The number of rotatable bonds is 7. The van der Waals surface area contributed by atoms with E-state index in [-0.39, 0.29) is 18.3 Å². The van der Waals surface area contributed by atoms with Crippen molar-refractivity contribution in [1.82, 2.24) is 4.98 Å². The third kappa shape index (κ3) is 5.38. The zero-order valence-corrected chi connectivity index (χ0v) is 13.8. The first-order valence-corrected chi connectivity index (χ1v) is 8.12. The van der Waals surface area contributed by atoms with Crippen molar-refractivity contribution >= 4 is 22.8 Å². The van der Waals surface area contributed by atoms with Crippen LogP contribution in [0.25, 0.3) is 0 Å². The standard InChI is InChI=1S/C15H22N2O3S/c1-5-16-15(21-4)12(9-14(18)20-6-2)11-7-8-13(19-3)17-10-11/h7-8,10,12H,5-6,9H2,1-4H3. The van der Waals surface area contributed by atoms with Crippen molar-refractivity contribution in [3.8, 4) is 5.88 Å². The molecule has 0 fully saturated rings. The molecule has 1 heterocycles. The highest BCUT2D eigenvalue weighted by atomic mass is 32.2. The molecule has 0 saturated heterocycles. The molecule has 0 aromatic carbocycles. The lowest BCUT2D eigenvalue weighted by molar-refractivity contribution is -0.143. The first-order valence-electron chi connectivity index (χ1n) is 6.90. The van der Waals surface area contributed by atoms with Gasteiger partial charge in [0, 0.05) is 24.7 Å². The summed E-state index contributed by atoms with van der Waals surface area (Å²) in [6.45, 7) is 4.84. The normalized spacial score (nSPS) is 12.9. The van der Waals surface area contributed by atoms with Crippen LogP contribution in [0.2, 0.25) is 0 Å². The zero-order chi connectivity index (χ0) is 15.7. The van der Waals surface area contributed by atoms with Gasteiger partial charge in [-0.15, -0.1) is 11.8 Å².